The molecule has 0 saturated carbocycles. The second-order valence-electron chi connectivity index (χ2n) is 3.11. The van der Waals surface area contributed by atoms with Gasteiger partial charge in [0.05, 0.1) is 6.04 Å². The highest BCUT2D eigenvalue weighted by atomic mass is 16.5. The van der Waals surface area contributed by atoms with Crippen LogP contribution in [0.5, 0.6) is 0 Å². The van der Waals surface area contributed by atoms with E-state index in [9.17, 15) is 0 Å². The smallest absolute Gasteiger partial charge is 0.243 e. The van der Waals surface area contributed by atoms with Crippen LogP contribution >= 0.6 is 0 Å². The summed E-state index contributed by atoms with van der Waals surface area (Å²) < 4.78 is 6.78. The van der Waals surface area contributed by atoms with Crippen molar-refractivity contribution in [3.63, 3.8) is 0 Å². The quantitative estimate of drug-likeness (QED) is 0.750. The van der Waals surface area contributed by atoms with Crippen molar-refractivity contribution in [1.29, 1.82) is 0 Å². The van der Waals surface area contributed by atoms with E-state index in [-0.39, 0.29) is 6.04 Å². The van der Waals surface area contributed by atoms with E-state index in [1.165, 1.54) is 0 Å². The number of rotatable bonds is 2. The summed E-state index contributed by atoms with van der Waals surface area (Å²) in [5.41, 5.74) is 5.60. The van der Waals surface area contributed by atoms with Crippen LogP contribution in [0.25, 0.3) is 11.6 Å². The maximum atomic E-state index is 5.60. The Morgan fingerprint density at radius 3 is 2.86 bits per heavy atom. The summed E-state index contributed by atoms with van der Waals surface area (Å²) in [6.07, 6.45) is 3.49. The van der Waals surface area contributed by atoms with Crippen LogP contribution < -0.4 is 5.73 Å². The molecule has 0 aliphatic rings. The molecule has 6 heteroatoms. The van der Waals surface area contributed by atoms with E-state index in [1.807, 2.05) is 17.8 Å². The zero-order chi connectivity index (χ0) is 10.1. The van der Waals surface area contributed by atoms with Crippen molar-refractivity contribution < 1.29 is 4.52 Å². The molecule has 0 saturated heterocycles. The molecule has 0 spiro atoms. The fourth-order valence-electron chi connectivity index (χ4n) is 1.09. The molecule has 0 radical (unpaired) electrons. The molecule has 2 rings (SSSR count). The number of nitrogens with two attached hydrogens (primary N) is 1. The fraction of sp³-hybridized carbons (Fsp3) is 0.375. The Morgan fingerprint density at radius 1 is 1.57 bits per heavy atom. The first-order valence-electron chi connectivity index (χ1n) is 4.25. The Hall–Kier alpha value is -1.69. The highest BCUT2D eigenvalue weighted by Gasteiger charge is 2.14. The Balaban J connectivity index is 2.39. The predicted octanol–water partition coefficient (Wildman–Crippen LogP) is 0.490. The molecule has 2 aromatic heterocycles. The van der Waals surface area contributed by atoms with Gasteiger partial charge in [-0.1, -0.05) is 5.16 Å². The second-order valence-corrected chi connectivity index (χ2v) is 3.11. The van der Waals surface area contributed by atoms with E-state index >= 15 is 0 Å². The number of imidazole rings is 1. The summed E-state index contributed by atoms with van der Waals surface area (Å²) >= 11 is 0. The van der Waals surface area contributed by atoms with Crippen LogP contribution in [-0.4, -0.2) is 19.7 Å². The van der Waals surface area contributed by atoms with Gasteiger partial charge in [0.15, 0.2) is 5.82 Å². The van der Waals surface area contributed by atoms with E-state index < -0.39 is 0 Å². The molecule has 6 nitrogen and oxygen atoms in total. The van der Waals surface area contributed by atoms with Gasteiger partial charge in [-0.3, -0.25) is 0 Å². The van der Waals surface area contributed by atoms with Gasteiger partial charge in [0.1, 0.15) is 0 Å². The van der Waals surface area contributed by atoms with Gasteiger partial charge in [-0.05, 0) is 6.92 Å². The molecule has 0 aliphatic carbocycles. The Labute approximate surface area is 80.7 Å². The molecule has 0 amide bonds. The minimum atomic E-state index is -0.253. The fourth-order valence-corrected chi connectivity index (χ4v) is 1.09. The third-order valence-corrected chi connectivity index (χ3v) is 1.85. The van der Waals surface area contributed by atoms with Crippen molar-refractivity contribution in [2.45, 2.75) is 13.0 Å². The highest BCUT2D eigenvalue weighted by Crippen LogP contribution is 2.14. The molecule has 14 heavy (non-hydrogen) atoms. The predicted molar refractivity (Wildman–Crippen MR) is 49.1 cm³/mol. The largest absolute Gasteiger partial charge is 0.337 e. The topological polar surface area (TPSA) is 82.8 Å². The number of hydrogen-bond acceptors (Lipinski definition) is 5. The third kappa shape index (κ3) is 1.39. The molecule has 0 aliphatic heterocycles. The number of hydrogen-bond donors (Lipinski definition) is 1. The number of aromatic nitrogens is 4. The lowest BCUT2D eigenvalue weighted by Crippen LogP contribution is -2.05. The van der Waals surface area contributed by atoms with Crippen molar-refractivity contribution in [1.82, 2.24) is 19.7 Å². The zero-order valence-corrected chi connectivity index (χ0v) is 8.01. The second kappa shape index (κ2) is 3.22. The summed E-state index contributed by atoms with van der Waals surface area (Å²) in [7, 11) is 1.87. The van der Waals surface area contributed by atoms with E-state index in [1.54, 1.807) is 13.1 Å². The van der Waals surface area contributed by atoms with E-state index in [4.69, 9.17) is 10.3 Å². The van der Waals surface area contributed by atoms with Crippen LogP contribution in [-0.2, 0) is 7.05 Å². The van der Waals surface area contributed by atoms with Gasteiger partial charge in [0.25, 0.3) is 0 Å². The lowest BCUT2D eigenvalue weighted by atomic mass is 10.4. The molecule has 2 N–H and O–H groups in total. The Bertz CT molecular complexity index is 430. The van der Waals surface area contributed by atoms with Gasteiger partial charge in [0, 0.05) is 19.4 Å². The molecule has 1 atom stereocenters. The van der Waals surface area contributed by atoms with Gasteiger partial charge in [0.2, 0.25) is 11.7 Å². The van der Waals surface area contributed by atoms with Gasteiger partial charge >= 0.3 is 0 Å². The van der Waals surface area contributed by atoms with Crippen LogP contribution in [0, 0.1) is 0 Å². The van der Waals surface area contributed by atoms with E-state index in [0.29, 0.717) is 17.5 Å². The van der Waals surface area contributed by atoms with E-state index in [2.05, 4.69) is 15.1 Å². The summed E-state index contributed by atoms with van der Waals surface area (Å²) in [6.45, 7) is 1.79. The standard InChI is InChI=1S/C8H11N5O/c1-5(9)8-11-6(12-14-8)7-10-3-4-13(7)2/h3-5H,9H2,1-2H3. The van der Waals surface area contributed by atoms with Gasteiger partial charge in [-0.15, -0.1) is 0 Å². The molecule has 2 aromatic rings. The molecule has 74 valence electrons. The molecule has 0 fully saturated rings. The highest BCUT2D eigenvalue weighted by molar-refractivity contribution is 5.42. The lowest BCUT2D eigenvalue weighted by molar-refractivity contribution is 0.361. The average Bonchev–Trinajstić information content (AvgIpc) is 2.71. The molecular weight excluding hydrogens is 182 g/mol. The summed E-state index contributed by atoms with van der Waals surface area (Å²) in [6, 6.07) is -0.253. The van der Waals surface area contributed by atoms with Crippen LogP contribution in [0.2, 0.25) is 0 Å². The van der Waals surface area contributed by atoms with Gasteiger partial charge < -0.3 is 14.8 Å². The average molecular weight is 193 g/mol. The molecular formula is C8H11N5O. The minimum absolute atomic E-state index is 0.253. The molecule has 1 unspecified atom stereocenters. The molecule has 0 aromatic carbocycles. The Morgan fingerprint density at radius 2 is 2.36 bits per heavy atom. The number of aryl methyl sites for hydroxylation is 1. The van der Waals surface area contributed by atoms with Gasteiger partial charge in [-0.2, -0.15) is 4.98 Å². The molecule has 0 bridgehead atoms. The van der Waals surface area contributed by atoms with Crippen molar-refractivity contribution in [3.8, 4) is 11.6 Å². The maximum absolute atomic E-state index is 5.60. The first kappa shape index (κ1) is 8.89. The maximum Gasteiger partial charge on any atom is 0.243 e. The van der Waals surface area contributed by atoms with Crippen LogP contribution in [0.3, 0.4) is 0 Å². The third-order valence-electron chi connectivity index (χ3n) is 1.85. The number of nitrogens with zero attached hydrogens (tertiary/aromatic N) is 4. The lowest BCUT2D eigenvalue weighted by Gasteiger charge is -1.94. The first-order valence-corrected chi connectivity index (χ1v) is 4.25. The van der Waals surface area contributed by atoms with Crippen molar-refractivity contribution in [3.05, 3.63) is 18.3 Å². The van der Waals surface area contributed by atoms with Crippen LogP contribution in [0.15, 0.2) is 16.9 Å². The monoisotopic (exact) mass is 193 g/mol. The van der Waals surface area contributed by atoms with Gasteiger partial charge in [-0.25, -0.2) is 4.98 Å². The normalized spacial score (nSPS) is 13.1. The Kier molecular flexibility index (Phi) is 2.05. The van der Waals surface area contributed by atoms with Crippen molar-refractivity contribution in [2.75, 3.05) is 0 Å². The van der Waals surface area contributed by atoms with E-state index in [0.717, 1.165) is 0 Å². The van der Waals surface area contributed by atoms with Crippen molar-refractivity contribution >= 4 is 0 Å². The molecule has 2 heterocycles. The summed E-state index contributed by atoms with van der Waals surface area (Å²) in [4.78, 5) is 8.22. The van der Waals surface area contributed by atoms with Crippen molar-refractivity contribution in [2.24, 2.45) is 12.8 Å². The SMILES string of the molecule is CC(N)c1nc(-c2nccn2C)no1. The minimum Gasteiger partial charge on any atom is -0.337 e. The summed E-state index contributed by atoms with van der Waals surface area (Å²) in [5.74, 6) is 1.55. The van der Waals surface area contributed by atoms with Crippen LogP contribution in [0.4, 0.5) is 0 Å². The first-order chi connectivity index (χ1) is 6.68. The van der Waals surface area contributed by atoms with Crippen LogP contribution in [0.1, 0.15) is 18.9 Å². The summed E-state index contributed by atoms with van der Waals surface area (Å²) in [5, 5.41) is 3.79. The zero-order valence-electron chi connectivity index (χ0n) is 8.01.